The lowest BCUT2D eigenvalue weighted by Gasteiger charge is -2.31. The van der Waals surface area contributed by atoms with E-state index in [9.17, 15) is 4.79 Å². The van der Waals surface area contributed by atoms with E-state index >= 15 is 0 Å². The van der Waals surface area contributed by atoms with Gasteiger partial charge < -0.3 is 9.84 Å². The number of carbonyl (C=O) groups is 1. The third-order valence-electron chi connectivity index (χ3n) is 1.65. The van der Waals surface area contributed by atoms with Crippen molar-refractivity contribution in [2.75, 3.05) is 25.6 Å². The highest BCUT2D eigenvalue weighted by Crippen LogP contribution is 2.08. The molecule has 1 amide bonds. The fraction of sp³-hybridized carbons (Fsp3) is 0.833. The lowest BCUT2D eigenvalue weighted by Crippen LogP contribution is -2.49. The van der Waals surface area contributed by atoms with Gasteiger partial charge in [0.25, 0.3) is 0 Å². The number of halogens is 1. The quantitative estimate of drug-likeness (QED) is 0.600. The van der Waals surface area contributed by atoms with Crippen molar-refractivity contribution in [3.8, 4) is 0 Å². The zero-order valence-electron chi connectivity index (χ0n) is 5.99. The molecule has 1 rings (SSSR count). The van der Waals surface area contributed by atoms with Crippen LogP contribution in [0.25, 0.3) is 0 Å². The fourth-order valence-corrected chi connectivity index (χ4v) is 1.29. The second-order valence-electron chi connectivity index (χ2n) is 2.36. The number of nitrogens with zero attached hydrogens (tertiary/aromatic N) is 1. The minimum Gasteiger partial charge on any atom is -0.465 e. The van der Waals surface area contributed by atoms with E-state index in [2.05, 4.69) is 0 Å². The standard InChI is InChI=1S/C6H10ClNO3/c7-3-5-4-11-2-1-8(5)6(9)10/h5H,1-4H2,(H,9,10). The van der Waals surface area contributed by atoms with Gasteiger partial charge in [-0.15, -0.1) is 11.6 Å². The van der Waals surface area contributed by atoms with Gasteiger partial charge in [0.1, 0.15) is 0 Å². The predicted molar refractivity (Wildman–Crippen MR) is 40.1 cm³/mol. The Balaban J connectivity index is 2.51. The first-order valence-corrected chi connectivity index (χ1v) is 3.92. The van der Waals surface area contributed by atoms with Gasteiger partial charge >= 0.3 is 6.09 Å². The molecule has 1 saturated heterocycles. The van der Waals surface area contributed by atoms with Crippen LogP contribution in [0, 0.1) is 0 Å². The van der Waals surface area contributed by atoms with Crippen molar-refractivity contribution < 1.29 is 14.6 Å². The minimum absolute atomic E-state index is 0.178. The van der Waals surface area contributed by atoms with Gasteiger partial charge in [0.2, 0.25) is 0 Å². The molecule has 0 spiro atoms. The van der Waals surface area contributed by atoms with E-state index in [0.29, 0.717) is 25.6 Å². The summed E-state index contributed by atoms with van der Waals surface area (Å²) in [6, 6.07) is -0.178. The molecule has 0 bridgehead atoms. The average Bonchev–Trinajstić information content (AvgIpc) is 2.04. The number of amides is 1. The molecule has 11 heavy (non-hydrogen) atoms. The largest absolute Gasteiger partial charge is 0.465 e. The van der Waals surface area contributed by atoms with Crippen LogP contribution >= 0.6 is 11.6 Å². The van der Waals surface area contributed by atoms with Gasteiger partial charge in [-0.25, -0.2) is 4.79 Å². The van der Waals surface area contributed by atoms with Crippen LogP contribution in [0.4, 0.5) is 4.79 Å². The van der Waals surface area contributed by atoms with Crippen molar-refractivity contribution in [2.45, 2.75) is 6.04 Å². The number of hydrogen-bond donors (Lipinski definition) is 1. The molecule has 0 saturated carbocycles. The smallest absolute Gasteiger partial charge is 0.407 e. The molecule has 64 valence electrons. The Kier molecular flexibility index (Phi) is 2.96. The molecular weight excluding hydrogens is 170 g/mol. The van der Waals surface area contributed by atoms with E-state index in [-0.39, 0.29) is 6.04 Å². The van der Waals surface area contributed by atoms with Crippen LogP contribution in [-0.4, -0.2) is 47.8 Å². The molecule has 4 nitrogen and oxygen atoms in total. The zero-order valence-corrected chi connectivity index (χ0v) is 6.75. The van der Waals surface area contributed by atoms with Crippen molar-refractivity contribution in [3.05, 3.63) is 0 Å². The van der Waals surface area contributed by atoms with Crippen molar-refractivity contribution in [3.63, 3.8) is 0 Å². The molecule has 1 heterocycles. The highest BCUT2D eigenvalue weighted by Gasteiger charge is 2.25. The number of morpholine rings is 1. The van der Waals surface area contributed by atoms with Gasteiger partial charge in [-0.3, -0.25) is 4.90 Å². The summed E-state index contributed by atoms with van der Waals surface area (Å²) in [4.78, 5) is 11.9. The van der Waals surface area contributed by atoms with Crippen LogP contribution in [0.2, 0.25) is 0 Å². The van der Waals surface area contributed by atoms with Gasteiger partial charge in [-0.2, -0.15) is 0 Å². The van der Waals surface area contributed by atoms with Gasteiger partial charge in [0, 0.05) is 12.4 Å². The molecule has 0 aromatic carbocycles. The number of carboxylic acid groups (broad SMARTS) is 1. The molecule has 1 N–H and O–H groups in total. The Labute approximate surface area is 69.7 Å². The Morgan fingerprint density at radius 3 is 3.00 bits per heavy atom. The van der Waals surface area contributed by atoms with E-state index in [1.807, 2.05) is 0 Å². The number of ether oxygens (including phenoxy) is 1. The molecule has 1 atom stereocenters. The SMILES string of the molecule is O=C(O)N1CCOCC1CCl. The highest BCUT2D eigenvalue weighted by atomic mass is 35.5. The highest BCUT2D eigenvalue weighted by molar-refractivity contribution is 6.18. The van der Waals surface area contributed by atoms with Gasteiger partial charge in [-0.05, 0) is 0 Å². The van der Waals surface area contributed by atoms with E-state index in [4.69, 9.17) is 21.4 Å². The maximum absolute atomic E-state index is 10.5. The van der Waals surface area contributed by atoms with E-state index in [0.717, 1.165) is 0 Å². The van der Waals surface area contributed by atoms with Crippen molar-refractivity contribution in [1.29, 1.82) is 0 Å². The summed E-state index contributed by atoms with van der Waals surface area (Å²) >= 11 is 5.53. The molecule has 0 aliphatic carbocycles. The fourth-order valence-electron chi connectivity index (χ4n) is 1.03. The van der Waals surface area contributed by atoms with E-state index in [1.54, 1.807) is 0 Å². The monoisotopic (exact) mass is 179 g/mol. The van der Waals surface area contributed by atoms with Crippen LogP contribution in [0.3, 0.4) is 0 Å². The van der Waals surface area contributed by atoms with Crippen molar-refractivity contribution in [2.24, 2.45) is 0 Å². The molecule has 1 aliphatic heterocycles. The molecule has 0 aromatic rings. The van der Waals surface area contributed by atoms with Crippen molar-refractivity contribution in [1.82, 2.24) is 4.90 Å². The normalized spacial score (nSPS) is 25.2. The number of alkyl halides is 1. The molecule has 1 fully saturated rings. The molecular formula is C6H10ClNO3. The Morgan fingerprint density at radius 1 is 1.82 bits per heavy atom. The summed E-state index contributed by atoms with van der Waals surface area (Å²) in [6.07, 6.45) is -0.918. The molecule has 1 unspecified atom stereocenters. The molecule has 0 radical (unpaired) electrons. The van der Waals surface area contributed by atoms with Crippen LogP contribution in [0.15, 0.2) is 0 Å². The van der Waals surface area contributed by atoms with E-state index in [1.165, 1.54) is 4.90 Å². The van der Waals surface area contributed by atoms with Crippen LogP contribution < -0.4 is 0 Å². The summed E-state index contributed by atoms with van der Waals surface area (Å²) in [5.41, 5.74) is 0. The van der Waals surface area contributed by atoms with Crippen molar-refractivity contribution >= 4 is 17.7 Å². The topological polar surface area (TPSA) is 49.8 Å². The minimum atomic E-state index is -0.918. The first-order valence-electron chi connectivity index (χ1n) is 3.39. The molecule has 5 heteroatoms. The summed E-state index contributed by atoms with van der Waals surface area (Å²) < 4.78 is 5.06. The van der Waals surface area contributed by atoms with Crippen LogP contribution in [-0.2, 0) is 4.74 Å². The lowest BCUT2D eigenvalue weighted by atomic mass is 10.3. The van der Waals surface area contributed by atoms with E-state index < -0.39 is 6.09 Å². The number of hydrogen-bond acceptors (Lipinski definition) is 2. The second-order valence-corrected chi connectivity index (χ2v) is 2.67. The summed E-state index contributed by atoms with van der Waals surface area (Å²) in [5.74, 6) is 0.298. The maximum atomic E-state index is 10.5. The third kappa shape index (κ3) is 1.97. The van der Waals surface area contributed by atoms with Gasteiger partial charge in [0.15, 0.2) is 0 Å². The summed E-state index contributed by atoms with van der Waals surface area (Å²) in [6.45, 7) is 1.31. The summed E-state index contributed by atoms with van der Waals surface area (Å²) in [7, 11) is 0. The van der Waals surface area contributed by atoms with Gasteiger partial charge in [0.05, 0.1) is 19.3 Å². The average molecular weight is 180 g/mol. The lowest BCUT2D eigenvalue weighted by molar-refractivity contribution is 0.00746. The second kappa shape index (κ2) is 3.78. The zero-order chi connectivity index (χ0) is 8.27. The number of rotatable bonds is 1. The van der Waals surface area contributed by atoms with Crippen LogP contribution in [0.5, 0.6) is 0 Å². The first-order chi connectivity index (χ1) is 5.25. The Morgan fingerprint density at radius 2 is 2.55 bits per heavy atom. The molecule has 1 aliphatic rings. The third-order valence-corrected chi connectivity index (χ3v) is 2.01. The molecule has 0 aromatic heterocycles. The predicted octanol–water partition coefficient (Wildman–Crippen LogP) is 0.604. The Hall–Kier alpha value is -0.480. The van der Waals surface area contributed by atoms with Crippen LogP contribution in [0.1, 0.15) is 0 Å². The summed E-state index contributed by atoms with van der Waals surface area (Å²) in [5, 5.41) is 8.65. The first kappa shape index (κ1) is 8.62. The maximum Gasteiger partial charge on any atom is 0.407 e. The van der Waals surface area contributed by atoms with Gasteiger partial charge in [-0.1, -0.05) is 0 Å². The Bertz CT molecular complexity index is 153.